The van der Waals surface area contributed by atoms with Crippen molar-refractivity contribution in [3.05, 3.63) is 22.4 Å². The van der Waals surface area contributed by atoms with Gasteiger partial charge in [-0.2, -0.15) is 11.3 Å². The van der Waals surface area contributed by atoms with Crippen molar-refractivity contribution in [3.63, 3.8) is 0 Å². The summed E-state index contributed by atoms with van der Waals surface area (Å²) in [6.07, 6.45) is 1.96. The fourth-order valence-electron chi connectivity index (χ4n) is 1.02. The topological polar surface area (TPSA) is 0 Å². The lowest BCUT2D eigenvalue weighted by Gasteiger charge is -2.02. The molecule has 0 aromatic carbocycles. The maximum Gasteiger partial charge on any atom is 0.0155 e. The largest absolute Gasteiger partial charge is 0.152 e. The van der Waals surface area contributed by atoms with Gasteiger partial charge < -0.3 is 0 Å². The minimum atomic E-state index is 0.593. The van der Waals surface area contributed by atoms with Gasteiger partial charge in [-0.1, -0.05) is 13.8 Å². The molecule has 1 heteroatoms. The summed E-state index contributed by atoms with van der Waals surface area (Å²) in [5.41, 5.74) is 1.42. The standard InChI is InChI=1S/C11H14S/c1-3-4-5-6-10(2)11-7-8-12-9-11/h7-10H,3,6H2,1-2H3. The molecule has 1 unspecified atom stereocenters. The van der Waals surface area contributed by atoms with Crippen molar-refractivity contribution in [1.82, 2.24) is 0 Å². The molecule has 12 heavy (non-hydrogen) atoms. The highest BCUT2D eigenvalue weighted by atomic mass is 32.1. The molecule has 0 fully saturated rings. The van der Waals surface area contributed by atoms with Crippen LogP contribution in [0.25, 0.3) is 0 Å². The first kappa shape index (κ1) is 9.35. The summed E-state index contributed by atoms with van der Waals surface area (Å²) in [6, 6.07) is 2.18. The van der Waals surface area contributed by atoms with E-state index in [0.29, 0.717) is 5.92 Å². The number of hydrogen-bond acceptors (Lipinski definition) is 1. The van der Waals surface area contributed by atoms with E-state index in [0.717, 1.165) is 12.8 Å². The molecule has 0 spiro atoms. The highest BCUT2D eigenvalue weighted by Crippen LogP contribution is 2.20. The molecule has 0 bridgehead atoms. The fraction of sp³-hybridized carbons (Fsp3) is 0.455. The Hall–Kier alpha value is -0.740. The van der Waals surface area contributed by atoms with Crippen LogP contribution in [0.1, 0.15) is 38.2 Å². The summed E-state index contributed by atoms with van der Waals surface area (Å²) in [7, 11) is 0. The Bertz CT molecular complexity index is 261. The number of thiophene rings is 1. The van der Waals surface area contributed by atoms with Crippen LogP contribution >= 0.6 is 11.3 Å². The van der Waals surface area contributed by atoms with Crippen molar-refractivity contribution < 1.29 is 0 Å². The fourth-order valence-corrected chi connectivity index (χ4v) is 1.81. The zero-order valence-electron chi connectivity index (χ0n) is 7.63. The van der Waals surface area contributed by atoms with E-state index in [-0.39, 0.29) is 0 Å². The lowest BCUT2D eigenvalue weighted by Crippen LogP contribution is -1.87. The van der Waals surface area contributed by atoms with E-state index in [1.54, 1.807) is 11.3 Å². The second kappa shape index (κ2) is 5.00. The highest BCUT2D eigenvalue weighted by Gasteiger charge is 2.02. The number of rotatable bonds is 2. The predicted octanol–water partition coefficient (Wildman–Crippen LogP) is 3.66. The summed E-state index contributed by atoms with van der Waals surface area (Å²) in [5, 5.41) is 4.33. The summed E-state index contributed by atoms with van der Waals surface area (Å²) >= 11 is 1.76. The third-order valence-electron chi connectivity index (χ3n) is 1.82. The summed E-state index contributed by atoms with van der Waals surface area (Å²) in [5.74, 6) is 6.87. The highest BCUT2D eigenvalue weighted by molar-refractivity contribution is 7.07. The van der Waals surface area contributed by atoms with Crippen molar-refractivity contribution in [2.75, 3.05) is 0 Å². The smallest absolute Gasteiger partial charge is 0.0155 e. The van der Waals surface area contributed by atoms with E-state index in [1.165, 1.54) is 5.56 Å². The van der Waals surface area contributed by atoms with E-state index in [9.17, 15) is 0 Å². The zero-order chi connectivity index (χ0) is 8.81. The quantitative estimate of drug-likeness (QED) is 0.606. The molecule has 1 aromatic heterocycles. The number of hydrogen-bond donors (Lipinski definition) is 0. The van der Waals surface area contributed by atoms with Crippen LogP contribution in [0.2, 0.25) is 0 Å². The normalized spacial score (nSPS) is 11.8. The zero-order valence-corrected chi connectivity index (χ0v) is 8.45. The van der Waals surface area contributed by atoms with Crippen molar-refractivity contribution in [2.45, 2.75) is 32.6 Å². The van der Waals surface area contributed by atoms with Crippen molar-refractivity contribution in [3.8, 4) is 11.8 Å². The SMILES string of the molecule is CCC#CCC(C)c1ccsc1. The summed E-state index contributed by atoms with van der Waals surface area (Å²) in [6.45, 7) is 4.31. The molecule has 1 rings (SSSR count). The van der Waals surface area contributed by atoms with Gasteiger partial charge in [0.05, 0.1) is 0 Å². The third-order valence-corrected chi connectivity index (χ3v) is 2.52. The van der Waals surface area contributed by atoms with Crippen molar-refractivity contribution in [1.29, 1.82) is 0 Å². The van der Waals surface area contributed by atoms with Gasteiger partial charge in [-0.05, 0) is 28.3 Å². The molecule has 1 aromatic rings. The average molecular weight is 178 g/mol. The summed E-state index contributed by atoms with van der Waals surface area (Å²) < 4.78 is 0. The Balaban J connectivity index is 2.44. The van der Waals surface area contributed by atoms with Crippen LogP contribution < -0.4 is 0 Å². The van der Waals surface area contributed by atoms with Gasteiger partial charge in [0.15, 0.2) is 0 Å². The average Bonchev–Trinajstić information content (AvgIpc) is 2.56. The van der Waals surface area contributed by atoms with Gasteiger partial charge in [0.25, 0.3) is 0 Å². The van der Waals surface area contributed by atoms with Crippen LogP contribution in [0.5, 0.6) is 0 Å². The van der Waals surface area contributed by atoms with Crippen molar-refractivity contribution in [2.24, 2.45) is 0 Å². The lowest BCUT2D eigenvalue weighted by atomic mass is 10.0. The molecule has 0 N–H and O–H groups in total. The first-order valence-corrected chi connectivity index (χ1v) is 5.26. The van der Waals surface area contributed by atoms with E-state index < -0.39 is 0 Å². The third kappa shape index (κ3) is 2.71. The Labute approximate surface area is 78.6 Å². The molecule has 0 aliphatic carbocycles. The van der Waals surface area contributed by atoms with Crippen LogP contribution in [0, 0.1) is 11.8 Å². The molecular formula is C11H14S. The van der Waals surface area contributed by atoms with Crippen LogP contribution in [-0.2, 0) is 0 Å². The molecule has 1 atom stereocenters. The second-order valence-electron chi connectivity index (χ2n) is 2.87. The molecule has 0 nitrogen and oxygen atoms in total. The molecule has 0 aliphatic heterocycles. The Morgan fingerprint density at radius 3 is 2.92 bits per heavy atom. The van der Waals surface area contributed by atoms with E-state index >= 15 is 0 Å². The predicted molar refractivity (Wildman–Crippen MR) is 55.4 cm³/mol. The Morgan fingerprint density at radius 1 is 1.50 bits per heavy atom. The van der Waals surface area contributed by atoms with E-state index in [2.05, 4.69) is 42.5 Å². The van der Waals surface area contributed by atoms with E-state index in [4.69, 9.17) is 0 Å². The Kier molecular flexibility index (Phi) is 3.90. The minimum absolute atomic E-state index is 0.593. The van der Waals surface area contributed by atoms with Gasteiger partial charge in [-0.3, -0.25) is 0 Å². The Morgan fingerprint density at radius 2 is 2.33 bits per heavy atom. The van der Waals surface area contributed by atoms with Gasteiger partial charge in [0, 0.05) is 12.8 Å². The maximum atomic E-state index is 3.18. The van der Waals surface area contributed by atoms with E-state index in [1.807, 2.05) is 0 Å². The summed E-state index contributed by atoms with van der Waals surface area (Å²) in [4.78, 5) is 0. The first-order chi connectivity index (χ1) is 5.84. The molecule has 0 saturated carbocycles. The second-order valence-corrected chi connectivity index (χ2v) is 3.65. The van der Waals surface area contributed by atoms with Crippen LogP contribution in [-0.4, -0.2) is 0 Å². The lowest BCUT2D eigenvalue weighted by molar-refractivity contribution is 0.799. The first-order valence-electron chi connectivity index (χ1n) is 4.32. The van der Waals surface area contributed by atoms with Crippen LogP contribution in [0.4, 0.5) is 0 Å². The van der Waals surface area contributed by atoms with Gasteiger partial charge in [-0.15, -0.1) is 11.8 Å². The van der Waals surface area contributed by atoms with Gasteiger partial charge in [0.2, 0.25) is 0 Å². The molecule has 0 saturated heterocycles. The molecule has 64 valence electrons. The van der Waals surface area contributed by atoms with Crippen LogP contribution in [0.15, 0.2) is 16.8 Å². The molecule has 0 amide bonds. The van der Waals surface area contributed by atoms with Crippen molar-refractivity contribution >= 4 is 11.3 Å². The maximum absolute atomic E-state index is 3.18. The minimum Gasteiger partial charge on any atom is -0.152 e. The molecule has 0 radical (unpaired) electrons. The van der Waals surface area contributed by atoms with Crippen LogP contribution in [0.3, 0.4) is 0 Å². The molecular weight excluding hydrogens is 164 g/mol. The van der Waals surface area contributed by atoms with Gasteiger partial charge >= 0.3 is 0 Å². The monoisotopic (exact) mass is 178 g/mol. The molecule has 0 aliphatic rings. The van der Waals surface area contributed by atoms with Gasteiger partial charge in [-0.25, -0.2) is 0 Å². The molecule has 1 heterocycles. The van der Waals surface area contributed by atoms with Gasteiger partial charge in [0.1, 0.15) is 0 Å².